The minimum absolute atomic E-state index is 0.561. The molecule has 0 saturated heterocycles. The van der Waals surface area contributed by atoms with Gasteiger partial charge in [0.2, 0.25) is 0 Å². The van der Waals surface area contributed by atoms with Crippen LogP contribution < -0.4 is 5.73 Å². The Hall–Kier alpha value is -2.39. The molecule has 3 aromatic heterocycles. The fraction of sp³-hybridized carbons (Fsp3) is 0.353. The maximum atomic E-state index is 9.29. The molecule has 2 N–H and O–H groups in total. The monoisotopic (exact) mass is 323 g/mol. The molecule has 0 fully saturated rings. The third-order valence-corrected chi connectivity index (χ3v) is 5.49. The average Bonchev–Trinajstić information content (AvgIpc) is 3.05. The molecule has 0 saturated carbocycles. The first-order chi connectivity index (χ1) is 11.1. The summed E-state index contributed by atoms with van der Waals surface area (Å²) in [5, 5.41) is 14.9. The van der Waals surface area contributed by atoms with Gasteiger partial charge in [0, 0.05) is 16.6 Å². The van der Waals surface area contributed by atoms with Gasteiger partial charge >= 0.3 is 0 Å². The van der Waals surface area contributed by atoms with Gasteiger partial charge in [-0.15, -0.1) is 11.3 Å². The lowest BCUT2D eigenvalue weighted by molar-refractivity contribution is 0.673. The summed E-state index contributed by atoms with van der Waals surface area (Å²) in [5.41, 5.74) is 11.4. The summed E-state index contributed by atoms with van der Waals surface area (Å²) in [6, 6.07) is 4.26. The zero-order valence-corrected chi connectivity index (χ0v) is 14.0. The van der Waals surface area contributed by atoms with Crippen molar-refractivity contribution in [3.8, 4) is 11.9 Å². The fourth-order valence-corrected chi connectivity index (χ4v) is 4.41. The summed E-state index contributed by atoms with van der Waals surface area (Å²) in [6.07, 6.45) is 4.29. The number of nitrogens with two attached hydrogens (primary N) is 1. The Kier molecular flexibility index (Phi) is 3.13. The van der Waals surface area contributed by atoms with Crippen molar-refractivity contribution in [1.29, 1.82) is 5.26 Å². The maximum absolute atomic E-state index is 9.29. The van der Waals surface area contributed by atoms with Crippen LogP contribution in [0.25, 0.3) is 16.0 Å². The number of nitriles is 1. The average molecular weight is 323 g/mol. The summed E-state index contributed by atoms with van der Waals surface area (Å²) < 4.78 is 1.93. The standard InChI is InChI=1S/C17H17N5S/c1-9-7-10(2)22(21-9)16-12-6-4-3-5-11(12)14-15(19)13(8-18)23-17(14)20-16/h7H,3-6,19H2,1-2H3. The Balaban J connectivity index is 2.10. The molecule has 0 radical (unpaired) electrons. The zero-order chi connectivity index (χ0) is 16.1. The van der Waals surface area contributed by atoms with E-state index in [2.05, 4.69) is 17.2 Å². The highest BCUT2D eigenvalue weighted by atomic mass is 32.1. The number of pyridine rings is 1. The largest absolute Gasteiger partial charge is 0.396 e. The molecular weight excluding hydrogens is 306 g/mol. The number of anilines is 1. The second-order valence-electron chi connectivity index (χ2n) is 6.08. The molecule has 23 heavy (non-hydrogen) atoms. The van der Waals surface area contributed by atoms with Crippen LogP contribution in [0.5, 0.6) is 0 Å². The first kappa shape index (κ1) is 14.2. The Morgan fingerprint density at radius 3 is 2.65 bits per heavy atom. The molecule has 3 aromatic rings. The van der Waals surface area contributed by atoms with Crippen LogP contribution in [0, 0.1) is 25.2 Å². The number of aromatic nitrogens is 3. The van der Waals surface area contributed by atoms with E-state index in [1.807, 2.05) is 18.5 Å². The number of rotatable bonds is 1. The van der Waals surface area contributed by atoms with Gasteiger partial charge in [0.25, 0.3) is 0 Å². The number of thiophene rings is 1. The zero-order valence-electron chi connectivity index (χ0n) is 13.2. The molecule has 3 heterocycles. The van der Waals surface area contributed by atoms with Gasteiger partial charge < -0.3 is 5.73 Å². The quantitative estimate of drug-likeness (QED) is 0.744. The minimum Gasteiger partial charge on any atom is -0.396 e. The van der Waals surface area contributed by atoms with Crippen LogP contribution in [0.2, 0.25) is 0 Å². The Morgan fingerprint density at radius 2 is 2.00 bits per heavy atom. The van der Waals surface area contributed by atoms with Crippen molar-refractivity contribution >= 4 is 27.2 Å². The second kappa shape index (κ2) is 5.07. The lowest BCUT2D eigenvalue weighted by Crippen LogP contribution is -2.13. The lowest BCUT2D eigenvalue weighted by atomic mass is 9.90. The van der Waals surface area contributed by atoms with Crippen molar-refractivity contribution in [3.05, 3.63) is 33.5 Å². The predicted molar refractivity (Wildman–Crippen MR) is 92.0 cm³/mol. The molecule has 0 aliphatic heterocycles. The van der Waals surface area contributed by atoms with Gasteiger partial charge in [-0.25, -0.2) is 9.67 Å². The maximum Gasteiger partial charge on any atom is 0.158 e. The molecule has 0 spiro atoms. The van der Waals surface area contributed by atoms with Gasteiger partial charge in [0.15, 0.2) is 5.82 Å². The van der Waals surface area contributed by atoms with E-state index in [9.17, 15) is 5.26 Å². The highest BCUT2D eigenvalue weighted by Gasteiger charge is 2.24. The highest BCUT2D eigenvalue weighted by Crippen LogP contribution is 2.40. The number of hydrogen-bond donors (Lipinski definition) is 1. The van der Waals surface area contributed by atoms with Crippen molar-refractivity contribution in [3.63, 3.8) is 0 Å². The molecule has 116 valence electrons. The van der Waals surface area contributed by atoms with Crippen LogP contribution >= 0.6 is 11.3 Å². The van der Waals surface area contributed by atoms with Crippen molar-refractivity contribution in [2.24, 2.45) is 0 Å². The van der Waals surface area contributed by atoms with Crippen LogP contribution in [0.1, 0.15) is 40.2 Å². The van der Waals surface area contributed by atoms with Crippen molar-refractivity contribution in [2.45, 2.75) is 39.5 Å². The first-order valence-electron chi connectivity index (χ1n) is 7.77. The van der Waals surface area contributed by atoms with E-state index >= 15 is 0 Å². The first-order valence-corrected chi connectivity index (χ1v) is 8.59. The molecule has 5 nitrogen and oxygen atoms in total. The van der Waals surface area contributed by atoms with Crippen molar-refractivity contribution in [1.82, 2.24) is 14.8 Å². The topological polar surface area (TPSA) is 80.5 Å². The molecule has 1 aliphatic rings. The fourth-order valence-electron chi connectivity index (χ4n) is 3.49. The number of nitrogens with zero attached hydrogens (tertiary/aromatic N) is 4. The van der Waals surface area contributed by atoms with E-state index in [4.69, 9.17) is 10.7 Å². The van der Waals surface area contributed by atoms with Crippen LogP contribution in [0.3, 0.4) is 0 Å². The summed E-state index contributed by atoms with van der Waals surface area (Å²) in [7, 11) is 0. The van der Waals surface area contributed by atoms with E-state index in [1.54, 1.807) is 0 Å². The van der Waals surface area contributed by atoms with Crippen molar-refractivity contribution in [2.75, 3.05) is 5.73 Å². The molecular formula is C17H17N5S. The minimum atomic E-state index is 0.561. The Labute approximate surface area is 138 Å². The van der Waals surface area contributed by atoms with Gasteiger partial charge in [-0.2, -0.15) is 10.4 Å². The highest BCUT2D eigenvalue weighted by molar-refractivity contribution is 7.19. The van der Waals surface area contributed by atoms with Gasteiger partial charge in [-0.05, 0) is 51.2 Å². The van der Waals surface area contributed by atoms with E-state index in [0.717, 1.165) is 53.1 Å². The van der Waals surface area contributed by atoms with Gasteiger partial charge in [-0.1, -0.05) is 0 Å². The van der Waals surface area contributed by atoms with Crippen molar-refractivity contribution < 1.29 is 0 Å². The van der Waals surface area contributed by atoms with Crippen LogP contribution in [-0.2, 0) is 12.8 Å². The van der Waals surface area contributed by atoms with E-state index in [-0.39, 0.29) is 0 Å². The van der Waals surface area contributed by atoms with Crippen LogP contribution in [0.4, 0.5) is 5.69 Å². The van der Waals surface area contributed by atoms with Gasteiger partial charge in [0.1, 0.15) is 15.8 Å². The normalized spacial score (nSPS) is 14.0. The van der Waals surface area contributed by atoms with Crippen LogP contribution in [0.15, 0.2) is 6.07 Å². The molecule has 0 amide bonds. The predicted octanol–water partition coefficient (Wildman–Crippen LogP) is 3.43. The number of nitrogen functional groups attached to an aromatic ring is 1. The van der Waals surface area contributed by atoms with Gasteiger partial charge in [-0.3, -0.25) is 0 Å². The Bertz CT molecular complexity index is 973. The third kappa shape index (κ3) is 2.04. The molecule has 4 rings (SSSR count). The summed E-state index contributed by atoms with van der Waals surface area (Å²) >= 11 is 1.38. The van der Waals surface area contributed by atoms with E-state index in [0.29, 0.717) is 10.6 Å². The SMILES string of the molecule is Cc1cc(C)n(-c2nc3sc(C#N)c(N)c3c3c2CCCC3)n1. The summed E-state index contributed by atoms with van der Waals surface area (Å²) in [6.45, 7) is 4.04. The van der Waals surface area contributed by atoms with E-state index in [1.165, 1.54) is 22.5 Å². The number of fused-ring (bicyclic) bond motifs is 3. The number of aryl methyl sites for hydroxylation is 3. The Morgan fingerprint density at radius 1 is 1.26 bits per heavy atom. The molecule has 0 unspecified atom stereocenters. The lowest BCUT2D eigenvalue weighted by Gasteiger charge is -2.20. The molecule has 0 bridgehead atoms. The summed E-state index contributed by atoms with van der Waals surface area (Å²) in [4.78, 5) is 6.26. The molecule has 1 aliphatic carbocycles. The number of hydrogen-bond acceptors (Lipinski definition) is 5. The smallest absolute Gasteiger partial charge is 0.158 e. The second-order valence-corrected chi connectivity index (χ2v) is 7.07. The van der Waals surface area contributed by atoms with Crippen LogP contribution in [-0.4, -0.2) is 14.8 Å². The third-order valence-electron chi connectivity index (χ3n) is 4.49. The molecule has 6 heteroatoms. The summed E-state index contributed by atoms with van der Waals surface area (Å²) in [5.74, 6) is 0.906. The van der Waals surface area contributed by atoms with Gasteiger partial charge in [0.05, 0.1) is 11.4 Å². The molecule has 0 atom stereocenters. The van der Waals surface area contributed by atoms with E-state index < -0.39 is 0 Å². The molecule has 0 aromatic carbocycles.